The molecule has 10 heteroatoms. The molecule has 0 aliphatic heterocycles. The number of nitrogens with one attached hydrogen (secondary N) is 1. The molecule has 0 atom stereocenters. The summed E-state index contributed by atoms with van der Waals surface area (Å²) in [5.74, 6) is 1.12. The van der Waals surface area contributed by atoms with E-state index >= 15 is 0 Å². The van der Waals surface area contributed by atoms with E-state index in [1.807, 2.05) is 6.92 Å². The highest BCUT2D eigenvalue weighted by Gasteiger charge is 2.25. The Hall–Kier alpha value is -2.17. The van der Waals surface area contributed by atoms with Gasteiger partial charge in [0, 0.05) is 6.54 Å². The Morgan fingerprint density at radius 3 is 2.60 bits per heavy atom. The van der Waals surface area contributed by atoms with Crippen LogP contribution in [0.2, 0.25) is 0 Å². The Morgan fingerprint density at radius 2 is 1.92 bits per heavy atom. The summed E-state index contributed by atoms with van der Waals surface area (Å²) in [6.07, 6.45) is 0. The van der Waals surface area contributed by atoms with Crippen LogP contribution < -0.4 is 14.2 Å². The lowest BCUT2D eigenvalue weighted by Gasteiger charge is -2.10. The van der Waals surface area contributed by atoms with Crippen LogP contribution in [-0.4, -0.2) is 37.2 Å². The first-order valence-corrected chi connectivity index (χ1v) is 9.69. The first kappa shape index (κ1) is 17.6. The van der Waals surface area contributed by atoms with Crippen molar-refractivity contribution in [2.24, 2.45) is 0 Å². The molecule has 0 saturated carbocycles. The number of hydrogen-bond donors (Lipinski definition) is 1. The van der Waals surface area contributed by atoms with Gasteiger partial charge in [-0.3, -0.25) is 0 Å². The molecule has 25 heavy (non-hydrogen) atoms. The largest absolute Gasteiger partial charge is 0.493 e. The molecule has 8 nitrogen and oxygen atoms in total. The molecule has 1 N–H and O–H groups in total. The van der Waals surface area contributed by atoms with E-state index in [0.29, 0.717) is 22.2 Å². The van der Waals surface area contributed by atoms with E-state index in [2.05, 4.69) is 14.8 Å². The molecule has 0 radical (unpaired) electrons. The van der Waals surface area contributed by atoms with Crippen molar-refractivity contribution in [3.63, 3.8) is 0 Å². The van der Waals surface area contributed by atoms with E-state index in [4.69, 9.17) is 9.47 Å². The number of aryl methyl sites for hydroxylation is 2. The number of imidazole rings is 1. The molecule has 0 unspecified atom stereocenters. The maximum absolute atomic E-state index is 12.7. The second-order valence-electron chi connectivity index (χ2n) is 5.33. The van der Waals surface area contributed by atoms with Crippen molar-refractivity contribution in [1.82, 2.24) is 19.3 Å². The minimum absolute atomic E-state index is 0.0623. The molecule has 0 aliphatic carbocycles. The Labute approximate surface area is 149 Å². The number of aromatic nitrogens is 3. The van der Waals surface area contributed by atoms with Crippen LogP contribution in [0.1, 0.15) is 16.3 Å². The molecule has 0 fully saturated rings. The van der Waals surface area contributed by atoms with Crippen molar-refractivity contribution in [2.45, 2.75) is 25.4 Å². The lowest BCUT2D eigenvalue weighted by atomic mass is 10.2. The van der Waals surface area contributed by atoms with Crippen LogP contribution in [0, 0.1) is 13.8 Å². The van der Waals surface area contributed by atoms with Crippen LogP contribution in [0.3, 0.4) is 0 Å². The summed E-state index contributed by atoms with van der Waals surface area (Å²) in [6, 6.07) is 5.23. The Bertz CT molecular complexity index is 1020. The maximum Gasteiger partial charge on any atom is 0.260 e. The highest BCUT2D eigenvalue weighted by molar-refractivity contribution is 7.89. The highest BCUT2D eigenvalue weighted by atomic mass is 32.2. The van der Waals surface area contributed by atoms with Gasteiger partial charge in [0.2, 0.25) is 4.96 Å². The van der Waals surface area contributed by atoms with E-state index in [1.54, 1.807) is 32.2 Å². The third-order valence-electron chi connectivity index (χ3n) is 3.60. The summed E-state index contributed by atoms with van der Waals surface area (Å²) in [6.45, 7) is 3.57. The van der Waals surface area contributed by atoms with Crippen molar-refractivity contribution < 1.29 is 17.9 Å². The number of hydrogen-bond acceptors (Lipinski definition) is 7. The van der Waals surface area contributed by atoms with E-state index in [9.17, 15) is 8.42 Å². The fraction of sp³-hybridized carbons (Fsp3) is 0.333. The van der Waals surface area contributed by atoms with Crippen molar-refractivity contribution in [3.8, 4) is 11.5 Å². The Morgan fingerprint density at radius 1 is 1.20 bits per heavy atom. The molecule has 0 bridgehead atoms. The van der Waals surface area contributed by atoms with Gasteiger partial charge >= 0.3 is 0 Å². The molecule has 3 aromatic rings. The summed E-state index contributed by atoms with van der Waals surface area (Å²) in [4.78, 5) is 4.83. The molecule has 3 rings (SSSR count). The third-order valence-corrected chi connectivity index (χ3v) is 5.92. The van der Waals surface area contributed by atoms with Crippen molar-refractivity contribution in [1.29, 1.82) is 0 Å². The second kappa shape index (κ2) is 6.62. The minimum Gasteiger partial charge on any atom is -0.493 e. The fourth-order valence-corrected chi connectivity index (χ4v) is 4.60. The van der Waals surface area contributed by atoms with Crippen molar-refractivity contribution in [3.05, 3.63) is 34.5 Å². The molecule has 134 valence electrons. The quantitative estimate of drug-likeness (QED) is 0.700. The van der Waals surface area contributed by atoms with Gasteiger partial charge in [0.1, 0.15) is 5.01 Å². The van der Waals surface area contributed by atoms with Crippen LogP contribution >= 0.6 is 11.3 Å². The summed E-state index contributed by atoms with van der Waals surface area (Å²) < 4.78 is 39.8. The molecular weight excluding hydrogens is 364 g/mol. The fourth-order valence-electron chi connectivity index (χ4n) is 2.47. The molecule has 2 aromatic heterocycles. The topological polar surface area (TPSA) is 94.8 Å². The first-order chi connectivity index (χ1) is 11.9. The molecule has 0 saturated heterocycles. The van der Waals surface area contributed by atoms with Gasteiger partial charge in [0.15, 0.2) is 16.5 Å². The summed E-state index contributed by atoms with van der Waals surface area (Å²) >= 11 is 1.34. The average molecular weight is 382 g/mol. The molecule has 0 spiro atoms. The highest BCUT2D eigenvalue weighted by Crippen LogP contribution is 2.28. The number of sulfonamides is 1. The van der Waals surface area contributed by atoms with Crippen molar-refractivity contribution >= 4 is 26.3 Å². The summed E-state index contributed by atoms with van der Waals surface area (Å²) in [7, 11) is -0.696. The van der Waals surface area contributed by atoms with E-state index in [1.165, 1.54) is 23.0 Å². The predicted octanol–water partition coefficient (Wildman–Crippen LogP) is 1.90. The normalized spacial score (nSPS) is 11.8. The SMILES string of the molecule is COc1ccc(CNS(=O)(=O)c2c(C)nc3sc(C)nn23)cc1OC. The van der Waals surface area contributed by atoms with Crippen LogP contribution in [0.15, 0.2) is 23.2 Å². The number of benzene rings is 1. The minimum atomic E-state index is -3.77. The van der Waals surface area contributed by atoms with Crippen LogP contribution in [0.25, 0.3) is 4.96 Å². The first-order valence-electron chi connectivity index (χ1n) is 7.39. The average Bonchev–Trinajstić information content (AvgIpc) is 3.06. The van der Waals surface area contributed by atoms with Gasteiger partial charge in [0.05, 0.1) is 19.9 Å². The van der Waals surface area contributed by atoms with Gasteiger partial charge in [0.25, 0.3) is 10.0 Å². The number of rotatable bonds is 6. The molecule has 0 amide bonds. The second-order valence-corrected chi connectivity index (χ2v) is 8.17. The number of fused-ring (bicyclic) bond motifs is 1. The Balaban J connectivity index is 1.88. The van der Waals surface area contributed by atoms with Crippen molar-refractivity contribution in [2.75, 3.05) is 14.2 Å². The van der Waals surface area contributed by atoms with Crippen LogP contribution in [0.4, 0.5) is 0 Å². The number of methoxy groups -OCH3 is 2. The lowest BCUT2D eigenvalue weighted by molar-refractivity contribution is 0.354. The molecule has 1 aromatic carbocycles. The van der Waals surface area contributed by atoms with Gasteiger partial charge in [-0.05, 0) is 31.5 Å². The zero-order valence-electron chi connectivity index (χ0n) is 14.2. The smallest absolute Gasteiger partial charge is 0.260 e. The zero-order chi connectivity index (χ0) is 18.2. The monoisotopic (exact) mass is 382 g/mol. The van der Waals surface area contributed by atoms with Crippen LogP contribution in [-0.2, 0) is 16.6 Å². The van der Waals surface area contributed by atoms with Gasteiger partial charge in [-0.2, -0.15) is 9.61 Å². The van der Waals surface area contributed by atoms with Crippen LogP contribution in [0.5, 0.6) is 11.5 Å². The number of ether oxygens (including phenoxy) is 2. The zero-order valence-corrected chi connectivity index (χ0v) is 15.9. The van der Waals surface area contributed by atoms with E-state index < -0.39 is 10.0 Å². The number of nitrogens with zero attached hydrogens (tertiary/aromatic N) is 3. The van der Waals surface area contributed by atoms with Gasteiger partial charge < -0.3 is 9.47 Å². The van der Waals surface area contributed by atoms with E-state index in [-0.39, 0.29) is 11.6 Å². The van der Waals surface area contributed by atoms with Gasteiger partial charge in [-0.1, -0.05) is 17.4 Å². The predicted molar refractivity (Wildman–Crippen MR) is 93.9 cm³/mol. The Kier molecular flexibility index (Phi) is 4.67. The van der Waals surface area contributed by atoms with E-state index in [0.717, 1.165) is 10.6 Å². The summed E-state index contributed by atoms with van der Waals surface area (Å²) in [5.41, 5.74) is 1.16. The van der Waals surface area contributed by atoms with Gasteiger partial charge in [-0.25, -0.2) is 18.1 Å². The third kappa shape index (κ3) is 3.32. The van der Waals surface area contributed by atoms with Gasteiger partial charge in [-0.15, -0.1) is 0 Å². The molecular formula is C15H18N4O4S2. The standard InChI is InChI=1S/C15H18N4O4S2/c1-9-14(19-15(17-9)24-10(2)18-19)25(20,21)16-8-11-5-6-12(22-3)13(7-11)23-4/h5-7,16H,8H2,1-4H3. The molecule has 0 aliphatic rings. The maximum atomic E-state index is 12.7. The lowest BCUT2D eigenvalue weighted by Crippen LogP contribution is -2.25. The summed E-state index contributed by atoms with van der Waals surface area (Å²) in [5, 5.41) is 5.03. The molecule has 2 heterocycles.